The highest BCUT2D eigenvalue weighted by Crippen LogP contribution is 2.25. The molecule has 0 saturated carbocycles. The fourth-order valence-electron chi connectivity index (χ4n) is 1.89. The minimum Gasteiger partial charge on any atom is -0.495 e. The lowest BCUT2D eigenvalue weighted by molar-refractivity contribution is 0.0371. The molecule has 0 bridgehead atoms. The first kappa shape index (κ1) is 13.3. The standard InChI is InChI=1S/C13H16ClNO3/c1-17-13-3-2-10(8-11(13)14)12(16)9-15-4-6-18-7-5-15/h2-3,8H,4-7,9H2,1H3. The summed E-state index contributed by atoms with van der Waals surface area (Å²) in [6, 6.07) is 5.12. The average Bonchev–Trinajstić information content (AvgIpc) is 2.39. The molecule has 0 unspecified atom stereocenters. The smallest absolute Gasteiger partial charge is 0.176 e. The van der Waals surface area contributed by atoms with Crippen molar-refractivity contribution >= 4 is 17.4 Å². The monoisotopic (exact) mass is 269 g/mol. The van der Waals surface area contributed by atoms with Crippen LogP contribution in [0.5, 0.6) is 5.75 Å². The highest BCUT2D eigenvalue weighted by molar-refractivity contribution is 6.32. The molecule has 5 heteroatoms. The number of ether oxygens (including phenoxy) is 2. The first-order valence-corrected chi connectivity index (χ1v) is 6.25. The number of hydrogen-bond donors (Lipinski definition) is 0. The molecule has 1 aromatic rings. The molecule has 98 valence electrons. The van der Waals surface area contributed by atoms with Crippen LogP contribution in [0.3, 0.4) is 0 Å². The Labute approximate surface area is 111 Å². The van der Waals surface area contributed by atoms with Crippen molar-refractivity contribution in [2.45, 2.75) is 0 Å². The first-order valence-electron chi connectivity index (χ1n) is 5.87. The second-order valence-corrected chi connectivity index (χ2v) is 4.57. The maximum atomic E-state index is 12.1. The van der Waals surface area contributed by atoms with Crippen molar-refractivity contribution in [1.29, 1.82) is 0 Å². The molecule has 0 radical (unpaired) electrons. The largest absolute Gasteiger partial charge is 0.495 e. The Bertz CT molecular complexity index is 430. The van der Waals surface area contributed by atoms with Crippen molar-refractivity contribution in [1.82, 2.24) is 4.90 Å². The van der Waals surface area contributed by atoms with Gasteiger partial charge in [0.25, 0.3) is 0 Å². The molecule has 0 aliphatic carbocycles. The van der Waals surface area contributed by atoms with E-state index in [2.05, 4.69) is 4.90 Å². The van der Waals surface area contributed by atoms with Gasteiger partial charge in [-0.25, -0.2) is 0 Å². The molecule has 1 aliphatic heterocycles. The summed E-state index contributed by atoms with van der Waals surface area (Å²) < 4.78 is 10.3. The van der Waals surface area contributed by atoms with Crippen LogP contribution in [0.2, 0.25) is 5.02 Å². The number of nitrogens with zero attached hydrogens (tertiary/aromatic N) is 1. The van der Waals surface area contributed by atoms with Gasteiger partial charge in [0.05, 0.1) is 31.9 Å². The third kappa shape index (κ3) is 3.22. The minimum absolute atomic E-state index is 0.0708. The average molecular weight is 270 g/mol. The molecule has 1 aromatic carbocycles. The quantitative estimate of drug-likeness (QED) is 0.782. The van der Waals surface area contributed by atoms with E-state index < -0.39 is 0 Å². The number of carbonyl (C=O) groups excluding carboxylic acids is 1. The maximum Gasteiger partial charge on any atom is 0.176 e. The van der Waals surface area contributed by atoms with Crippen LogP contribution in [0.25, 0.3) is 0 Å². The zero-order chi connectivity index (χ0) is 13.0. The van der Waals surface area contributed by atoms with Gasteiger partial charge in [0.2, 0.25) is 0 Å². The molecule has 0 N–H and O–H groups in total. The van der Waals surface area contributed by atoms with E-state index in [0.29, 0.717) is 36.1 Å². The molecule has 1 aliphatic rings. The van der Waals surface area contributed by atoms with Crippen molar-refractivity contribution in [3.63, 3.8) is 0 Å². The Morgan fingerprint density at radius 2 is 2.17 bits per heavy atom. The highest BCUT2D eigenvalue weighted by Gasteiger charge is 2.16. The maximum absolute atomic E-state index is 12.1. The topological polar surface area (TPSA) is 38.8 Å². The van der Waals surface area contributed by atoms with Crippen LogP contribution in [-0.4, -0.2) is 50.6 Å². The van der Waals surface area contributed by atoms with Crippen molar-refractivity contribution in [3.8, 4) is 5.75 Å². The van der Waals surface area contributed by atoms with Gasteiger partial charge in [-0.2, -0.15) is 0 Å². The molecule has 0 atom stereocenters. The fraction of sp³-hybridized carbons (Fsp3) is 0.462. The Hall–Kier alpha value is -1.10. The summed E-state index contributed by atoms with van der Waals surface area (Å²) >= 11 is 6.01. The van der Waals surface area contributed by atoms with Gasteiger partial charge in [0.15, 0.2) is 5.78 Å². The number of carbonyl (C=O) groups is 1. The predicted molar refractivity (Wildman–Crippen MR) is 69.6 cm³/mol. The summed E-state index contributed by atoms with van der Waals surface area (Å²) in [7, 11) is 1.55. The number of morpholine rings is 1. The van der Waals surface area contributed by atoms with E-state index in [4.69, 9.17) is 21.1 Å². The van der Waals surface area contributed by atoms with Gasteiger partial charge in [-0.05, 0) is 18.2 Å². The molecule has 0 aromatic heterocycles. The lowest BCUT2D eigenvalue weighted by Gasteiger charge is -2.25. The molecular weight excluding hydrogens is 254 g/mol. The van der Waals surface area contributed by atoms with E-state index in [1.54, 1.807) is 25.3 Å². The fourth-order valence-corrected chi connectivity index (χ4v) is 2.15. The first-order chi connectivity index (χ1) is 8.70. The van der Waals surface area contributed by atoms with Crippen molar-refractivity contribution in [2.24, 2.45) is 0 Å². The number of methoxy groups -OCH3 is 1. The lowest BCUT2D eigenvalue weighted by atomic mass is 10.1. The van der Waals surface area contributed by atoms with Crippen molar-refractivity contribution in [2.75, 3.05) is 40.0 Å². The van der Waals surface area contributed by atoms with Gasteiger partial charge in [0.1, 0.15) is 5.75 Å². The van der Waals surface area contributed by atoms with Gasteiger partial charge in [-0.1, -0.05) is 11.6 Å². The van der Waals surface area contributed by atoms with Gasteiger partial charge in [-0.15, -0.1) is 0 Å². The van der Waals surface area contributed by atoms with Gasteiger partial charge >= 0.3 is 0 Å². The summed E-state index contributed by atoms with van der Waals surface area (Å²) in [5, 5.41) is 0.463. The minimum atomic E-state index is 0.0708. The summed E-state index contributed by atoms with van der Waals surface area (Å²) in [6.07, 6.45) is 0. The van der Waals surface area contributed by atoms with E-state index in [-0.39, 0.29) is 5.78 Å². The normalized spacial score (nSPS) is 16.6. The summed E-state index contributed by atoms with van der Waals surface area (Å²) in [5.74, 6) is 0.654. The Morgan fingerprint density at radius 3 is 2.78 bits per heavy atom. The molecule has 18 heavy (non-hydrogen) atoms. The zero-order valence-electron chi connectivity index (χ0n) is 10.3. The summed E-state index contributed by atoms with van der Waals surface area (Å²) in [6.45, 7) is 3.39. The van der Waals surface area contributed by atoms with Crippen LogP contribution < -0.4 is 4.74 Å². The van der Waals surface area contributed by atoms with Crippen molar-refractivity contribution in [3.05, 3.63) is 28.8 Å². The molecule has 1 fully saturated rings. The Morgan fingerprint density at radius 1 is 1.44 bits per heavy atom. The van der Waals surface area contributed by atoms with Crippen LogP contribution in [0, 0.1) is 0 Å². The molecule has 2 rings (SSSR count). The van der Waals surface area contributed by atoms with Crippen molar-refractivity contribution < 1.29 is 14.3 Å². The third-order valence-electron chi connectivity index (χ3n) is 2.94. The molecule has 0 amide bonds. The number of rotatable bonds is 4. The third-order valence-corrected chi connectivity index (χ3v) is 3.24. The molecule has 0 spiro atoms. The second kappa shape index (κ2) is 6.18. The van der Waals surface area contributed by atoms with E-state index in [0.717, 1.165) is 13.1 Å². The van der Waals surface area contributed by atoms with E-state index in [1.807, 2.05) is 0 Å². The molecule has 1 saturated heterocycles. The van der Waals surface area contributed by atoms with Gasteiger partial charge < -0.3 is 9.47 Å². The summed E-state index contributed by atoms with van der Waals surface area (Å²) in [5.41, 5.74) is 0.618. The predicted octanol–water partition coefficient (Wildman–Crippen LogP) is 1.86. The van der Waals surface area contributed by atoms with Crippen LogP contribution in [0.15, 0.2) is 18.2 Å². The SMILES string of the molecule is COc1ccc(C(=O)CN2CCOCC2)cc1Cl. The Balaban J connectivity index is 2.01. The van der Waals surface area contributed by atoms with Crippen LogP contribution in [0.4, 0.5) is 0 Å². The molecular formula is C13H16ClNO3. The number of halogens is 1. The van der Waals surface area contributed by atoms with E-state index in [1.165, 1.54) is 0 Å². The van der Waals surface area contributed by atoms with E-state index >= 15 is 0 Å². The molecule has 4 nitrogen and oxygen atoms in total. The summed E-state index contributed by atoms with van der Waals surface area (Å²) in [4.78, 5) is 14.2. The second-order valence-electron chi connectivity index (χ2n) is 4.16. The molecule has 1 heterocycles. The van der Waals surface area contributed by atoms with Gasteiger partial charge in [-0.3, -0.25) is 9.69 Å². The lowest BCUT2D eigenvalue weighted by Crippen LogP contribution is -2.39. The van der Waals surface area contributed by atoms with Crippen LogP contribution in [0.1, 0.15) is 10.4 Å². The van der Waals surface area contributed by atoms with Crippen LogP contribution in [-0.2, 0) is 4.74 Å². The Kier molecular flexibility index (Phi) is 4.58. The highest BCUT2D eigenvalue weighted by atomic mass is 35.5. The number of ketones is 1. The number of benzene rings is 1. The number of Topliss-reactive ketones (excluding diaryl/α,β-unsaturated/α-hetero) is 1. The van der Waals surface area contributed by atoms with Crippen LogP contribution >= 0.6 is 11.6 Å². The zero-order valence-corrected chi connectivity index (χ0v) is 11.1. The van der Waals surface area contributed by atoms with E-state index in [9.17, 15) is 4.79 Å². The number of hydrogen-bond acceptors (Lipinski definition) is 4. The van der Waals surface area contributed by atoms with Gasteiger partial charge in [0, 0.05) is 18.7 Å².